The first-order chi connectivity index (χ1) is 10.3. The fraction of sp³-hybridized carbons (Fsp3) is 0.429. The summed E-state index contributed by atoms with van der Waals surface area (Å²) in [7, 11) is 0. The van der Waals surface area contributed by atoms with E-state index in [2.05, 4.69) is 0 Å². The summed E-state index contributed by atoms with van der Waals surface area (Å²) in [5, 5.41) is 1.90. The van der Waals surface area contributed by atoms with Gasteiger partial charge in [-0.25, -0.2) is 13.6 Å². The van der Waals surface area contributed by atoms with Crippen LogP contribution in [0.2, 0.25) is 0 Å². The number of amides is 1. The van der Waals surface area contributed by atoms with Gasteiger partial charge in [0.15, 0.2) is 0 Å². The number of hydrogen-bond donors (Lipinski definition) is 1. The monoisotopic (exact) mass is 339 g/mol. The minimum atomic E-state index is -4.77. The predicted molar refractivity (Wildman–Crippen MR) is 71.6 cm³/mol. The van der Waals surface area contributed by atoms with Gasteiger partial charge in [0.2, 0.25) is 5.78 Å². The lowest BCUT2D eigenvalue weighted by Gasteiger charge is -2.20. The fourth-order valence-electron chi connectivity index (χ4n) is 1.57. The molecular formula is C14H14F5NO3. The van der Waals surface area contributed by atoms with Gasteiger partial charge in [-0.15, -0.1) is 0 Å². The maximum Gasteiger partial charge on any atom is 0.416 e. The van der Waals surface area contributed by atoms with Crippen molar-refractivity contribution in [3.05, 3.63) is 29.3 Å². The van der Waals surface area contributed by atoms with Crippen LogP contribution in [0.3, 0.4) is 0 Å². The Balaban J connectivity index is 3.23. The highest BCUT2D eigenvalue weighted by molar-refractivity contribution is 6.05. The first-order valence-electron chi connectivity index (χ1n) is 6.35. The molecule has 0 bridgehead atoms. The molecule has 0 saturated heterocycles. The molecule has 0 radical (unpaired) electrons. The summed E-state index contributed by atoms with van der Waals surface area (Å²) in [4.78, 5) is 23.0. The second-order valence-electron chi connectivity index (χ2n) is 5.55. The Morgan fingerprint density at radius 3 is 2.13 bits per heavy atom. The molecule has 1 aromatic carbocycles. The van der Waals surface area contributed by atoms with E-state index in [1.165, 1.54) is 20.8 Å². The highest BCUT2D eigenvalue weighted by Crippen LogP contribution is 2.33. The predicted octanol–water partition coefficient (Wildman–Crippen LogP) is 4.50. The summed E-state index contributed by atoms with van der Waals surface area (Å²) in [5.74, 6) is -1.70. The van der Waals surface area contributed by atoms with Crippen LogP contribution in [0.1, 0.15) is 36.7 Å². The first-order valence-corrected chi connectivity index (χ1v) is 6.35. The van der Waals surface area contributed by atoms with E-state index >= 15 is 0 Å². The molecule has 23 heavy (non-hydrogen) atoms. The molecule has 1 N–H and O–H groups in total. The van der Waals surface area contributed by atoms with Crippen LogP contribution in [0, 0.1) is 0 Å². The van der Waals surface area contributed by atoms with E-state index < -0.39 is 46.9 Å². The number of carbonyl (C=O) groups is 2. The molecule has 0 heterocycles. The Morgan fingerprint density at radius 1 is 1.13 bits per heavy atom. The van der Waals surface area contributed by atoms with E-state index in [4.69, 9.17) is 4.74 Å². The molecule has 0 saturated carbocycles. The minimum Gasteiger partial charge on any atom is -0.444 e. The van der Waals surface area contributed by atoms with Crippen molar-refractivity contribution in [1.82, 2.24) is 0 Å². The number of ether oxygens (including phenoxy) is 1. The average Bonchev–Trinajstić information content (AvgIpc) is 2.34. The molecule has 0 aromatic heterocycles. The van der Waals surface area contributed by atoms with Crippen LogP contribution < -0.4 is 5.32 Å². The second-order valence-corrected chi connectivity index (χ2v) is 5.55. The van der Waals surface area contributed by atoms with Gasteiger partial charge in [-0.2, -0.15) is 13.2 Å². The van der Waals surface area contributed by atoms with Gasteiger partial charge < -0.3 is 4.74 Å². The van der Waals surface area contributed by atoms with Crippen LogP contribution in [0.15, 0.2) is 18.2 Å². The van der Waals surface area contributed by atoms with Crippen LogP contribution in [-0.2, 0) is 10.9 Å². The number of nitrogens with one attached hydrogen (secondary N) is 1. The summed E-state index contributed by atoms with van der Waals surface area (Å²) < 4.78 is 67.9. The van der Waals surface area contributed by atoms with Gasteiger partial charge in [-0.3, -0.25) is 10.1 Å². The number of benzene rings is 1. The summed E-state index contributed by atoms with van der Waals surface area (Å²) in [6.07, 6.45) is -9.36. The molecule has 0 aliphatic heterocycles. The van der Waals surface area contributed by atoms with E-state index in [0.29, 0.717) is 18.2 Å². The van der Waals surface area contributed by atoms with Gasteiger partial charge in [0.05, 0.1) is 11.3 Å². The van der Waals surface area contributed by atoms with Crippen molar-refractivity contribution in [2.24, 2.45) is 0 Å². The van der Waals surface area contributed by atoms with Gasteiger partial charge >= 0.3 is 18.7 Å². The van der Waals surface area contributed by atoms with Crippen LogP contribution in [0.25, 0.3) is 0 Å². The Morgan fingerprint density at radius 2 is 1.70 bits per heavy atom. The van der Waals surface area contributed by atoms with Gasteiger partial charge in [-0.1, -0.05) is 0 Å². The molecule has 0 atom stereocenters. The van der Waals surface area contributed by atoms with E-state index in [-0.39, 0.29) is 0 Å². The van der Waals surface area contributed by atoms with Crippen LogP contribution in [0.5, 0.6) is 0 Å². The third-order valence-corrected chi connectivity index (χ3v) is 2.45. The van der Waals surface area contributed by atoms with Crippen molar-refractivity contribution < 1.29 is 36.3 Å². The van der Waals surface area contributed by atoms with Gasteiger partial charge in [0.25, 0.3) is 0 Å². The van der Waals surface area contributed by atoms with Crippen molar-refractivity contribution in [3.63, 3.8) is 0 Å². The first kappa shape index (κ1) is 18.9. The van der Waals surface area contributed by atoms with Crippen molar-refractivity contribution in [3.8, 4) is 0 Å². The lowest BCUT2D eigenvalue weighted by Crippen LogP contribution is -2.28. The van der Waals surface area contributed by atoms with Crippen LogP contribution >= 0.6 is 0 Å². The van der Waals surface area contributed by atoms with E-state index in [1.807, 2.05) is 5.32 Å². The Labute approximate surface area is 128 Å². The Hall–Kier alpha value is -2.19. The fourth-order valence-corrected chi connectivity index (χ4v) is 1.57. The van der Waals surface area contributed by atoms with E-state index in [1.54, 1.807) is 0 Å². The van der Waals surface area contributed by atoms with Crippen molar-refractivity contribution in [2.45, 2.75) is 39.0 Å². The molecule has 1 amide bonds. The summed E-state index contributed by atoms with van der Waals surface area (Å²) >= 11 is 0. The SMILES string of the molecule is CC(C)(C)OC(=O)Nc1cc(C(F)(F)F)ccc1C(=O)C(F)F. The lowest BCUT2D eigenvalue weighted by atomic mass is 10.0. The molecule has 128 valence electrons. The van der Waals surface area contributed by atoms with Crippen molar-refractivity contribution in [1.29, 1.82) is 0 Å². The molecule has 0 aliphatic rings. The number of ketones is 1. The third-order valence-electron chi connectivity index (χ3n) is 2.45. The highest BCUT2D eigenvalue weighted by atomic mass is 19.4. The van der Waals surface area contributed by atoms with Crippen molar-refractivity contribution in [2.75, 3.05) is 5.32 Å². The smallest absolute Gasteiger partial charge is 0.416 e. The van der Waals surface area contributed by atoms with Crippen molar-refractivity contribution >= 4 is 17.6 Å². The molecule has 9 heteroatoms. The summed E-state index contributed by atoms with van der Waals surface area (Å²) in [6.45, 7) is 4.51. The lowest BCUT2D eigenvalue weighted by molar-refractivity contribution is -0.137. The van der Waals surface area contributed by atoms with Crippen LogP contribution in [0.4, 0.5) is 32.4 Å². The maximum atomic E-state index is 12.7. The number of anilines is 1. The Bertz CT molecular complexity index is 605. The molecule has 0 unspecified atom stereocenters. The van der Waals surface area contributed by atoms with E-state index in [0.717, 1.165) is 0 Å². The normalized spacial score (nSPS) is 12.2. The molecule has 4 nitrogen and oxygen atoms in total. The number of rotatable bonds is 3. The highest BCUT2D eigenvalue weighted by Gasteiger charge is 2.33. The molecule has 0 fully saturated rings. The summed E-state index contributed by atoms with van der Waals surface area (Å²) in [5.41, 5.74) is -3.59. The second kappa shape index (κ2) is 6.51. The quantitative estimate of drug-likeness (QED) is 0.652. The molecule has 1 aromatic rings. The zero-order valence-corrected chi connectivity index (χ0v) is 12.4. The molecule has 1 rings (SSSR count). The maximum absolute atomic E-state index is 12.7. The average molecular weight is 339 g/mol. The zero-order chi connectivity index (χ0) is 18.0. The number of alkyl halides is 5. The molecular weight excluding hydrogens is 325 g/mol. The van der Waals surface area contributed by atoms with E-state index in [9.17, 15) is 31.5 Å². The zero-order valence-electron chi connectivity index (χ0n) is 12.4. The molecule has 0 aliphatic carbocycles. The summed E-state index contributed by atoms with van der Waals surface area (Å²) in [6, 6.07) is 1.47. The van der Waals surface area contributed by atoms with Crippen LogP contribution in [-0.4, -0.2) is 23.9 Å². The standard InChI is InChI=1S/C14H14F5NO3/c1-13(2,3)23-12(22)20-9-6-7(14(17,18)19)4-5-8(9)10(21)11(15)16/h4-6,11H,1-3H3,(H,20,22). The number of Topliss-reactive ketones (excluding diaryl/α,β-unsaturated/α-hetero) is 1. The van der Waals surface area contributed by atoms with Gasteiger partial charge in [0.1, 0.15) is 5.60 Å². The largest absolute Gasteiger partial charge is 0.444 e. The Kier molecular flexibility index (Phi) is 5.34. The van der Waals surface area contributed by atoms with Gasteiger partial charge in [0, 0.05) is 5.56 Å². The third kappa shape index (κ3) is 5.50. The van der Waals surface area contributed by atoms with Gasteiger partial charge in [-0.05, 0) is 39.0 Å². The molecule has 0 spiro atoms. The number of carbonyl (C=O) groups excluding carboxylic acids is 2. The topological polar surface area (TPSA) is 55.4 Å². The minimum absolute atomic E-state index is 0.402. The number of hydrogen-bond acceptors (Lipinski definition) is 3. The number of halogens is 5.